The number of fused-ring (bicyclic) bond motifs is 1. The van der Waals surface area contributed by atoms with Crippen molar-refractivity contribution >= 4 is 29.5 Å². The summed E-state index contributed by atoms with van der Waals surface area (Å²) in [4.78, 5) is 66.0. The number of hydrogen-bond donors (Lipinski definition) is 5. The zero-order valence-corrected chi connectivity index (χ0v) is 21.4. The molecule has 3 atom stereocenters. The second-order valence-electron chi connectivity index (χ2n) is 10.2. The van der Waals surface area contributed by atoms with E-state index in [4.69, 9.17) is 5.21 Å². The number of nitrogens with zero attached hydrogens (tertiary/aromatic N) is 1. The molecular formula is C26H37N5O6. The molecule has 37 heavy (non-hydrogen) atoms. The molecule has 2 aliphatic heterocycles. The van der Waals surface area contributed by atoms with Gasteiger partial charge in [0.05, 0.1) is 0 Å². The smallest absolute Gasteiger partial charge is 0.246 e. The van der Waals surface area contributed by atoms with E-state index in [1.165, 1.54) is 4.90 Å². The molecule has 1 aromatic carbocycles. The predicted octanol–water partition coefficient (Wildman–Crippen LogP) is 0.554. The van der Waals surface area contributed by atoms with Crippen molar-refractivity contribution in [1.29, 1.82) is 0 Å². The lowest BCUT2D eigenvalue weighted by atomic mass is 9.98. The third-order valence-corrected chi connectivity index (χ3v) is 6.88. The Kier molecular flexibility index (Phi) is 9.62. The molecule has 0 saturated carbocycles. The first-order chi connectivity index (χ1) is 17.6. The average Bonchev–Trinajstić information content (AvgIpc) is 3.36. The number of hydrogen-bond acceptors (Lipinski definition) is 6. The molecule has 0 aliphatic carbocycles. The van der Waals surface area contributed by atoms with E-state index in [-0.39, 0.29) is 18.7 Å². The number of carbonyl (C=O) groups excluding carboxylic acids is 5. The highest BCUT2D eigenvalue weighted by Gasteiger charge is 2.42. The maximum Gasteiger partial charge on any atom is 0.246 e. The minimum Gasteiger partial charge on any atom is -0.343 e. The molecule has 0 bridgehead atoms. The van der Waals surface area contributed by atoms with Crippen LogP contribution >= 0.6 is 0 Å². The fourth-order valence-corrected chi connectivity index (χ4v) is 4.75. The van der Waals surface area contributed by atoms with E-state index in [9.17, 15) is 24.0 Å². The van der Waals surface area contributed by atoms with Crippen molar-refractivity contribution in [3.05, 3.63) is 35.9 Å². The Morgan fingerprint density at radius 3 is 2.46 bits per heavy atom. The highest BCUT2D eigenvalue weighted by Crippen LogP contribution is 2.21. The van der Waals surface area contributed by atoms with Gasteiger partial charge in [0, 0.05) is 19.4 Å². The summed E-state index contributed by atoms with van der Waals surface area (Å²) in [7, 11) is 0. The maximum absolute atomic E-state index is 13.6. The summed E-state index contributed by atoms with van der Waals surface area (Å²) in [5.41, 5.74) is 1.11. The van der Waals surface area contributed by atoms with Gasteiger partial charge in [-0.3, -0.25) is 29.2 Å². The summed E-state index contributed by atoms with van der Waals surface area (Å²) in [5, 5.41) is 17.0. The van der Waals surface area contributed by atoms with Crippen molar-refractivity contribution in [3.8, 4) is 0 Å². The minimum absolute atomic E-state index is 0.149. The molecule has 0 spiro atoms. The molecule has 2 saturated heterocycles. The van der Waals surface area contributed by atoms with Crippen LogP contribution in [0.15, 0.2) is 30.3 Å². The normalized spacial score (nSPS) is 24.2. The number of nitrogens with one attached hydrogen (secondary N) is 4. The molecule has 5 amide bonds. The summed E-state index contributed by atoms with van der Waals surface area (Å²) >= 11 is 0. The summed E-state index contributed by atoms with van der Waals surface area (Å²) in [6.07, 6.45) is 3.48. The fraction of sp³-hybridized carbons (Fsp3) is 0.577. The van der Waals surface area contributed by atoms with Crippen molar-refractivity contribution in [3.63, 3.8) is 0 Å². The summed E-state index contributed by atoms with van der Waals surface area (Å²) in [6.45, 7) is 3.51. The fourth-order valence-electron chi connectivity index (χ4n) is 4.75. The predicted molar refractivity (Wildman–Crippen MR) is 134 cm³/mol. The average molecular weight is 516 g/mol. The molecule has 11 heteroatoms. The van der Waals surface area contributed by atoms with Gasteiger partial charge in [-0.05, 0) is 45.1 Å². The second-order valence-corrected chi connectivity index (χ2v) is 10.2. The molecule has 3 rings (SSSR count). The monoisotopic (exact) mass is 515 g/mol. The van der Waals surface area contributed by atoms with Gasteiger partial charge in [-0.2, -0.15) is 0 Å². The Bertz CT molecular complexity index is 998. The highest BCUT2D eigenvalue weighted by atomic mass is 16.5. The lowest BCUT2D eigenvalue weighted by Gasteiger charge is -2.34. The highest BCUT2D eigenvalue weighted by molar-refractivity contribution is 5.99. The molecular weight excluding hydrogens is 478 g/mol. The van der Waals surface area contributed by atoms with E-state index in [0.717, 1.165) is 5.56 Å². The van der Waals surface area contributed by atoms with Crippen LogP contribution in [0.1, 0.15) is 64.4 Å². The summed E-state index contributed by atoms with van der Waals surface area (Å²) in [6, 6.07) is 6.82. The first-order valence-electron chi connectivity index (χ1n) is 12.8. The molecule has 0 radical (unpaired) electrons. The Labute approximate surface area is 216 Å². The Morgan fingerprint density at radius 1 is 1.03 bits per heavy atom. The van der Waals surface area contributed by atoms with Gasteiger partial charge in [0.2, 0.25) is 29.5 Å². The Balaban J connectivity index is 1.80. The van der Waals surface area contributed by atoms with Gasteiger partial charge in [-0.25, -0.2) is 5.48 Å². The van der Waals surface area contributed by atoms with E-state index in [1.54, 1.807) is 19.3 Å². The second kappa shape index (κ2) is 12.7. The SMILES string of the molecule is CC1(C)NC(=O)[C@H](CCCCCC(=O)NO)NC(=O)[C@@H]2CCCN2C(=O)[C@H](Cc2ccccc2)NC1=O. The van der Waals surface area contributed by atoms with Crippen molar-refractivity contribution in [2.24, 2.45) is 0 Å². The molecule has 0 aromatic heterocycles. The zero-order valence-electron chi connectivity index (χ0n) is 21.4. The largest absolute Gasteiger partial charge is 0.343 e. The maximum atomic E-state index is 13.6. The van der Waals surface area contributed by atoms with Gasteiger partial charge in [-0.15, -0.1) is 0 Å². The van der Waals surface area contributed by atoms with Crippen LogP contribution in [-0.2, 0) is 30.4 Å². The summed E-state index contributed by atoms with van der Waals surface area (Å²) < 4.78 is 0. The van der Waals surface area contributed by atoms with Crippen LogP contribution in [-0.4, -0.2) is 69.9 Å². The lowest BCUT2D eigenvalue weighted by molar-refractivity contribution is -0.144. The molecule has 5 N–H and O–H groups in total. The Morgan fingerprint density at radius 2 is 1.76 bits per heavy atom. The van der Waals surface area contributed by atoms with Crippen molar-refractivity contribution in [2.45, 2.75) is 88.9 Å². The lowest BCUT2D eigenvalue weighted by Crippen LogP contribution is -2.64. The van der Waals surface area contributed by atoms with Crippen LogP contribution < -0.4 is 21.4 Å². The van der Waals surface area contributed by atoms with E-state index in [2.05, 4.69) is 16.0 Å². The molecule has 1 aromatic rings. The number of carbonyl (C=O) groups is 5. The van der Waals surface area contributed by atoms with Gasteiger partial charge in [-0.1, -0.05) is 43.2 Å². The quantitative estimate of drug-likeness (QED) is 0.193. The van der Waals surface area contributed by atoms with E-state index in [1.807, 2.05) is 30.3 Å². The van der Waals surface area contributed by atoms with Gasteiger partial charge in [0.15, 0.2) is 0 Å². The van der Waals surface area contributed by atoms with Gasteiger partial charge >= 0.3 is 0 Å². The topological polar surface area (TPSA) is 157 Å². The van der Waals surface area contributed by atoms with Crippen LogP contribution in [0, 0.1) is 0 Å². The molecule has 2 fully saturated rings. The third kappa shape index (κ3) is 7.51. The van der Waals surface area contributed by atoms with Gasteiger partial charge in [0.25, 0.3) is 0 Å². The van der Waals surface area contributed by atoms with Crippen LogP contribution in [0.2, 0.25) is 0 Å². The minimum atomic E-state index is -1.34. The first kappa shape index (κ1) is 28.1. The third-order valence-electron chi connectivity index (χ3n) is 6.88. The van der Waals surface area contributed by atoms with Gasteiger partial charge < -0.3 is 20.9 Å². The number of hydroxylamine groups is 1. The van der Waals surface area contributed by atoms with E-state index >= 15 is 0 Å². The standard InChI is InChI=1S/C26H37N5O6/c1-26(2)25(36)28-19(16-17-10-5-3-6-11-17)24(35)31-15-9-13-20(31)23(34)27-18(22(33)29-26)12-7-4-8-14-21(32)30-37/h3,5-6,10-11,18-20,37H,4,7-9,12-16H2,1-2H3,(H,27,34)(H,28,36)(H,29,33)(H,30,32)/t18-,19-,20-/m0/s1. The number of rotatable bonds is 8. The van der Waals surface area contributed by atoms with Crippen LogP contribution in [0.5, 0.6) is 0 Å². The molecule has 0 unspecified atom stereocenters. The molecule has 2 aliphatic rings. The molecule has 2 heterocycles. The molecule has 202 valence electrons. The van der Waals surface area contributed by atoms with Crippen molar-refractivity contribution in [1.82, 2.24) is 26.3 Å². The zero-order chi connectivity index (χ0) is 27.0. The van der Waals surface area contributed by atoms with Crippen LogP contribution in [0.4, 0.5) is 0 Å². The van der Waals surface area contributed by atoms with E-state index in [0.29, 0.717) is 45.1 Å². The number of unbranched alkanes of at least 4 members (excludes halogenated alkanes) is 2. The summed E-state index contributed by atoms with van der Waals surface area (Å²) in [5.74, 6) is -2.18. The van der Waals surface area contributed by atoms with Crippen LogP contribution in [0.25, 0.3) is 0 Å². The van der Waals surface area contributed by atoms with Gasteiger partial charge in [0.1, 0.15) is 23.7 Å². The van der Waals surface area contributed by atoms with Crippen LogP contribution in [0.3, 0.4) is 0 Å². The Hall–Kier alpha value is -3.47. The van der Waals surface area contributed by atoms with Crippen molar-refractivity contribution in [2.75, 3.05) is 6.54 Å². The van der Waals surface area contributed by atoms with Crippen molar-refractivity contribution < 1.29 is 29.2 Å². The van der Waals surface area contributed by atoms with E-state index < -0.39 is 47.3 Å². The first-order valence-corrected chi connectivity index (χ1v) is 12.8. The number of amides is 5. The number of benzene rings is 1. The molecule has 11 nitrogen and oxygen atoms in total.